The van der Waals surface area contributed by atoms with Gasteiger partial charge in [-0.2, -0.15) is 0 Å². The summed E-state index contributed by atoms with van der Waals surface area (Å²) in [7, 11) is 0. The van der Waals surface area contributed by atoms with E-state index in [-0.39, 0.29) is 17.8 Å². The number of rotatable bonds is 3. The molecular weight excluding hydrogens is 259 g/mol. The van der Waals surface area contributed by atoms with Crippen molar-refractivity contribution in [3.05, 3.63) is 59.3 Å². The Kier molecular flexibility index (Phi) is 3.06. The third-order valence-electron chi connectivity index (χ3n) is 3.56. The molecule has 104 valence electrons. The van der Waals surface area contributed by atoms with Crippen LogP contribution in [-0.4, -0.2) is 16.8 Å². The monoisotopic (exact) mass is 274 g/mol. The summed E-state index contributed by atoms with van der Waals surface area (Å²) in [6, 6.07) is 8.96. The summed E-state index contributed by atoms with van der Waals surface area (Å²) in [4.78, 5) is 13.6. The van der Waals surface area contributed by atoms with E-state index in [2.05, 4.69) is 0 Å². The van der Waals surface area contributed by atoms with Crippen LogP contribution in [0.5, 0.6) is 0 Å². The Balaban J connectivity index is 1.80. The number of hydrogen-bond acceptors (Lipinski definition) is 3. The minimum absolute atomic E-state index is 0.117. The molecule has 2 aromatic rings. The van der Waals surface area contributed by atoms with Gasteiger partial charge in [0.1, 0.15) is 29.4 Å². The number of likely N-dealkylation sites (tertiary alicyclic amines) is 1. The number of hydrogen-bond donors (Lipinski definition) is 1. The van der Waals surface area contributed by atoms with E-state index < -0.39 is 6.04 Å². The van der Waals surface area contributed by atoms with Crippen molar-refractivity contribution >= 4 is 5.91 Å². The summed E-state index contributed by atoms with van der Waals surface area (Å²) in [5, 5.41) is 0. The van der Waals surface area contributed by atoms with Crippen molar-refractivity contribution in [2.45, 2.75) is 25.6 Å². The number of amides is 1. The van der Waals surface area contributed by atoms with E-state index in [1.165, 1.54) is 12.1 Å². The van der Waals surface area contributed by atoms with Crippen LogP contribution in [0.4, 0.5) is 4.39 Å². The summed E-state index contributed by atoms with van der Waals surface area (Å²) in [5.41, 5.74) is 6.73. The maximum atomic E-state index is 12.9. The van der Waals surface area contributed by atoms with Crippen molar-refractivity contribution in [2.24, 2.45) is 5.73 Å². The maximum absolute atomic E-state index is 12.9. The molecule has 1 aromatic heterocycles. The van der Waals surface area contributed by atoms with Gasteiger partial charge in [-0.05, 0) is 36.8 Å². The van der Waals surface area contributed by atoms with E-state index in [9.17, 15) is 9.18 Å². The van der Waals surface area contributed by atoms with Gasteiger partial charge < -0.3 is 15.1 Å². The number of carbonyl (C=O) groups is 1. The molecule has 0 radical (unpaired) electrons. The van der Waals surface area contributed by atoms with Crippen LogP contribution in [-0.2, 0) is 11.3 Å². The van der Waals surface area contributed by atoms with Crippen LogP contribution in [0.3, 0.4) is 0 Å². The third-order valence-corrected chi connectivity index (χ3v) is 3.56. The molecule has 2 N–H and O–H groups in total. The standard InChI is InChI=1S/C15H15FN2O2/c1-9-2-7-12(20-9)14-13(17)15(19)18(14)8-10-3-5-11(16)6-4-10/h2-7,13-14H,8,17H2,1H3/t13-,14+/m1/s1. The molecule has 1 aromatic carbocycles. The van der Waals surface area contributed by atoms with Crippen LogP contribution >= 0.6 is 0 Å². The van der Waals surface area contributed by atoms with Gasteiger partial charge in [0.05, 0.1) is 0 Å². The Morgan fingerprint density at radius 2 is 1.95 bits per heavy atom. The Morgan fingerprint density at radius 3 is 2.55 bits per heavy atom. The number of nitrogens with zero attached hydrogens (tertiary/aromatic N) is 1. The molecule has 1 amide bonds. The van der Waals surface area contributed by atoms with Crippen LogP contribution in [0.2, 0.25) is 0 Å². The number of aryl methyl sites for hydroxylation is 1. The number of β-lactam (4-membered cyclic amide) rings is 1. The molecule has 1 saturated heterocycles. The summed E-state index contributed by atoms with van der Waals surface area (Å²) < 4.78 is 18.4. The second-order valence-electron chi connectivity index (χ2n) is 5.01. The number of furan rings is 1. The van der Waals surface area contributed by atoms with Gasteiger partial charge in [-0.15, -0.1) is 0 Å². The second-order valence-corrected chi connectivity index (χ2v) is 5.01. The molecule has 4 nitrogen and oxygen atoms in total. The topological polar surface area (TPSA) is 59.5 Å². The number of carbonyl (C=O) groups excluding carboxylic acids is 1. The third kappa shape index (κ3) is 2.10. The van der Waals surface area contributed by atoms with E-state index >= 15 is 0 Å². The predicted molar refractivity (Wildman–Crippen MR) is 71.1 cm³/mol. The molecule has 1 aliphatic rings. The Hall–Kier alpha value is -2.14. The van der Waals surface area contributed by atoms with Gasteiger partial charge in [-0.25, -0.2) is 4.39 Å². The fourth-order valence-corrected chi connectivity index (χ4v) is 2.48. The van der Waals surface area contributed by atoms with E-state index in [1.54, 1.807) is 17.0 Å². The predicted octanol–water partition coefficient (Wildman–Crippen LogP) is 2.14. The Bertz CT molecular complexity index is 636. The molecule has 1 fully saturated rings. The molecule has 0 bridgehead atoms. The zero-order valence-corrected chi connectivity index (χ0v) is 11.0. The van der Waals surface area contributed by atoms with E-state index in [0.717, 1.165) is 11.3 Å². The highest BCUT2D eigenvalue weighted by Crippen LogP contribution is 2.35. The van der Waals surface area contributed by atoms with Crippen molar-refractivity contribution in [1.82, 2.24) is 4.90 Å². The van der Waals surface area contributed by atoms with Crippen molar-refractivity contribution in [2.75, 3.05) is 0 Å². The highest BCUT2D eigenvalue weighted by atomic mass is 19.1. The molecule has 0 spiro atoms. The molecule has 1 aliphatic heterocycles. The molecule has 20 heavy (non-hydrogen) atoms. The van der Waals surface area contributed by atoms with Gasteiger partial charge >= 0.3 is 0 Å². The lowest BCUT2D eigenvalue weighted by atomic mass is 9.93. The lowest BCUT2D eigenvalue weighted by Crippen LogP contribution is -2.62. The lowest BCUT2D eigenvalue weighted by molar-refractivity contribution is -0.151. The first-order valence-electron chi connectivity index (χ1n) is 6.43. The average Bonchev–Trinajstić information content (AvgIpc) is 2.86. The van der Waals surface area contributed by atoms with Gasteiger partial charge in [-0.3, -0.25) is 4.79 Å². The van der Waals surface area contributed by atoms with Crippen molar-refractivity contribution < 1.29 is 13.6 Å². The Labute approximate surface area is 116 Å². The summed E-state index contributed by atoms with van der Waals surface area (Å²) in [6.45, 7) is 2.25. The normalized spacial score (nSPS) is 21.9. The smallest absolute Gasteiger partial charge is 0.243 e. The largest absolute Gasteiger partial charge is 0.464 e. The van der Waals surface area contributed by atoms with Crippen LogP contribution < -0.4 is 5.73 Å². The zero-order chi connectivity index (χ0) is 14.3. The molecule has 0 saturated carbocycles. The summed E-state index contributed by atoms with van der Waals surface area (Å²) in [5.74, 6) is 1.07. The van der Waals surface area contributed by atoms with Crippen molar-refractivity contribution in [3.63, 3.8) is 0 Å². The van der Waals surface area contributed by atoms with Gasteiger partial charge in [0.25, 0.3) is 0 Å². The molecule has 0 unspecified atom stereocenters. The van der Waals surface area contributed by atoms with Gasteiger partial charge in [0.2, 0.25) is 5.91 Å². The SMILES string of the molecule is Cc1ccc([C@H]2[C@@H](N)C(=O)N2Cc2ccc(F)cc2)o1. The summed E-state index contributed by atoms with van der Waals surface area (Å²) >= 11 is 0. The fourth-order valence-electron chi connectivity index (χ4n) is 2.48. The molecule has 5 heteroatoms. The van der Waals surface area contributed by atoms with Gasteiger partial charge in [0.15, 0.2) is 0 Å². The van der Waals surface area contributed by atoms with Gasteiger partial charge in [-0.1, -0.05) is 12.1 Å². The number of benzene rings is 1. The molecule has 3 rings (SSSR count). The second kappa shape index (κ2) is 4.76. The minimum atomic E-state index is -0.569. The average molecular weight is 274 g/mol. The first-order valence-corrected chi connectivity index (χ1v) is 6.43. The first-order chi connectivity index (χ1) is 9.56. The van der Waals surface area contributed by atoms with Crippen LogP contribution in [0, 0.1) is 12.7 Å². The Morgan fingerprint density at radius 1 is 1.25 bits per heavy atom. The zero-order valence-electron chi connectivity index (χ0n) is 11.0. The van der Waals surface area contributed by atoms with Crippen LogP contribution in [0.1, 0.15) is 23.1 Å². The molecule has 2 heterocycles. The van der Waals surface area contributed by atoms with E-state index in [0.29, 0.717) is 12.3 Å². The molecule has 2 atom stereocenters. The highest BCUT2D eigenvalue weighted by Gasteiger charge is 2.47. The molecule has 0 aliphatic carbocycles. The quantitative estimate of drug-likeness (QED) is 0.872. The molecular formula is C15H15FN2O2. The number of halogens is 1. The number of nitrogens with two attached hydrogens (primary N) is 1. The van der Waals surface area contributed by atoms with Crippen LogP contribution in [0.15, 0.2) is 40.8 Å². The van der Waals surface area contributed by atoms with E-state index in [4.69, 9.17) is 10.2 Å². The fraction of sp³-hybridized carbons (Fsp3) is 0.267. The maximum Gasteiger partial charge on any atom is 0.243 e. The van der Waals surface area contributed by atoms with Gasteiger partial charge in [0, 0.05) is 6.54 Å². The van der Waals surface area contributed by atoms with Crippen molar-refractivity contribution in [1.29, 1.82) is 0 Å². The van der Waals surface area contributed by atoms with Crippen LogP contribution in [0.25, 0.3) is 0 Å². The lowest BCUT2D eigenvalue weighted by Gasteiger charge is -2.44. The van der Waals surface area contributed by atoms with E-state index in [1.807, 2.05) is 19.1 Å². The summed E-state index contributed by atoms with van der Waals surface area (Å²) in [6.07, 6.45) is 0. The van der Waals surface area contributed by atoms with Crippen molar-refractivity contribution in [3.8, 4) is 0 Å². The highest BCUT2D eigenvalue weighted by molar-refractivity contribution is 5.89. The first kappa shape index (κ1) is 12.9. The minimum Gasteiger partial charge on any atom is -0.464 e.